The van der Waals surface area contributed by atoms with Crippen molar-refractivity contribution in [3.05, 3.63) is 47.5 Å². The molecule has 0 saturated carbocycles. The zero-order chi connectivity index (χ0) is 10.6. The van der Waals surface area contributed by atoms with Crippen LogP contribution < -0.4 is 0 Å². The monoisotopic (exact) mass is 182 g/mol. The molecule has 0 spiro atoms. The fourth-order valence-corrected chi connectivity index (χ4v) is 1.18. The number of nitriles is 2. The minimum atomic E-state index is 0.162. The third-order valence-corrected chi connectivity index (χ3v) is 2.09. The Hall–Kier alpha value is -2.06. The van der Waals surface area contributed by atoms with Crippen molar-refractivity contribution in [1.29, 1.82) is 10.5 Å². The first kappa shape index (κ1) is 10.0. The minimum Gasteiger partial charge on any atom is -0.192 e. The van der Waals surface area contributed by atoms with Crippen LogP contribution >= 0.6 is 0 Å². The molecule has 1 aromatic carbocycles. The Morgan fingerprint density at radius 2 is 1.71 bits per heavy atom. The van der Waals surface area contributed by atoms with Gasteiger partial charge in [-0.3, -0.25) is 0 Å². The largest absolute Gasteiger partial charge is 0.192 e. The van der Waals surface area contributed by atoms with Gasteiger partial charge in [-0.15, -0.1) is 6.58 Å². The predicted molar refractivity (Wildman–Crippen MR) is 54.5 cm³/mol. The summed E-state index contributed by atoms with van der Waals surface area (Å²) in [6.07, 6.45) is 1.79. The Balaban J connectivity index is 3.27. The summed E-state index contributed by atoms with van der Waals surface area (Å²) in [5.41, 5.74) is 2.00. The molecule has 1 unspecified atom stereocenters. The summed E-state index contributed by atoms with van der Waals surface area (Å²) in [4.78, 5) is 0. The van der Waals surface area contributed by atoms with Crippen LogP contribution in [0.15, 0.2) is 30.9 Å². The fraction of sp³-hybridized carbons (Fsp3) is 0.167. The summed E-state index contributed by atoms with van der Waals surface area (Å²) in [5, 5.41) is 17.5. The Morgan fingerprint density at radius 1 is 1.21 bits per heavy atom. The molecule has 2 nitrogen and oxygen atoms in total. The second-order valence-corrected chi connectivity index (χ2v) is 3.09. The van der Waals surface area contributed by atoms with Gasteiger partial charge in [0.15, 0.2) is 0 Å². The van der Waals surface area contributed by atoms with Gasteiger partial charge in [-0.2, -0.15) is 10.5 Å². The van der Waals surface area contributed by atoms with E-state index in [9.17, 15) is 0 Å². The molecule has 0 aromatic heterocycles. The van der Waals surface area contributed by atoms with E-state index in [0.717, 1.165) is 5.56 Å². The summed E-state index contributed by atoms with van der Waals surface area (Å²) in [6.45, 7) is 5.66. The van der Waals surface area contributed by atoms with Crippen LogP contribution in [0.2, 0.25) is 0 Å². The molecule has 14 heavy (non-hydrogen) atoms. The average Bonchev–Trinajstić information content (AvgIpc) is 2.27. The van der Waals surface area contributed by atoms with Gasteiger partial charge < -0.3 is 0 Å². The molecular weight excluding hydrogens is 172 g/mol. The lowest BCUT2D eigenvalue weighted by Crippen LogP contribution is -1.91. The van der Waals surface area contributed by atoms with Crippen LogP contribution in [-0.2, 0) is 0 Å². The quantitative estimate of drug-likeness (QED) is 0.660. The smallest absolute Gasteiger partial charge is 0.0992 e. The van der Waals surface area contributed by atoms with E-state index in [1.807, 2.05) is 19.1 Å². The van der Waals surface area contributed by atoms with Crippen molar-refractivity contribution < 1.29 is 0 Å². The van der Waals surface area contributed by atoms with E-state index < -0.39 is 0 Å². The summed E-state index contributed by atoms with van der Waals surface area (Å²) in [7, 11) is 0. The maximum atomic E-state index is 8.75. The summed E-state index contributed by atoms with van der Waals surface area (Å²) < 4.78 is 0. The fourth-order valence-electron chi connectivity index (χ4n) is 1.18. The Morgan fingerprint density at radius 3 is 2.07 bits per heavy atom. The van der Waals surface area contributed by atoms with Crippen molar-refractivity contribution >= 4 is 0 Å². The predicted octanol–water partition coefficient (Wildman–Crippen LogP) is 2.72. The van der Waals surface area contributed by atoms with Crippen molar-refractivity contribution in [2.75, 3.05) is 0 Å². The third kappa shape index (κ3) is 2.00. The molecule has 0 bridgehead atoms. The van der Waals surface area contributed by atoms with E-state index in [0.29, 0.717) is 11.1 Å². The molecule has 0 N–H and O–H groups in total. The first-order chi connectivity index (χ1) is 6.71. The topological polar surface area (TPSA) is 47.6 Å². The molecule has 0 aliphatic heterocycles. The molecule has 0 fully saturated rings. The molecule has 1 aromatic rings. The van der Waals surface area contributed by atoms with Crippen LogP contribution in [0.5, 0.6) is 0 Å². The molecule has 1 rings (SSSR count). The highest BCUT2D eigenvalue weighted by atomic mass is 14.3. The van der Waals surface area contributed by atoms with Crippen molar-refractivity contribution in [3.63, 3.8) is 0 Å². The van der Waals surface area contributed by atoms with Gasteiger partial charge in [0.05, 0.1) is 23.3 Å². The second kappa shape index (κ2) is 4.25. The van der Waals surface area contributed by atoms with Crippen LogP contribution in [0.4, 0.5) is 0 Å². The maximum absolute atomic E-state index is 8.75. The molecule has 0 aliphatic carbocycles. The van der Waals surface area contributed by atoms with E-state index in [4.69, 9.17) is 10.5 Å². The molecule has 0 amide bonds. The van der Waals surface area contributed by atoms with E-state index in [2.05, 4.69) is 6.58 Å². The lowest BCUT2D eigenvalue weighted by atomic mass is 9.97. The molecular formula is C12H10N2. The minimum absolute atomic E-state index is 0.162. The van der Waals surface area contributed by atoms with Crippen LogP contribution in [0.3, 0.4) is 0 Å². The number of benzene rings is 1. The molecule has 0 heterocycles. The number of nitrogens with zero attached hydrogens (tertiary/aromatic N) is 2. The normalized spacial score (nSPS) is 11.1. The van der Waals surface area contributed by atoms with Gasteiger partial charge in [0.1, 0.15) is 0 Å². The van der Waals surface area contributed by atoms with Crippen LogP contribution in [-0.4, -0.2) is 0 Å². The third-order valence-electron chi connectivity index (χ3n) is 2.09. The van der Waals surface area contributed by atoms with Gasteiger partial charge in [0, 0.05) is 0 Å². The highest BCUT2D eigenvalue weighted by molar-refractivity contribution is 5.44. The first-order valence-electron chi connectivity index (χ1n) is 4.29. The Labute approximate surface area is 83.7 Å². The number of allylic oxidation sites excluding steroid dienone is 1. The molecule has 1 atom stereocenters. The average molecular weight is 182 g/mol. The zero-order valence-corrected chi connectivity index (χ0v) is 7.99. The van der Waals surface area contributed by atoms with Crippen molar-refractivity contribution in [3.8, 4) is 12.1 Å². The van der Waals surface area contributed by atoms with Crippen LogP contribution in [0, 0.1) is 22.7 Å². The Bertz CT molecular complexity index is 400. The zero-order valence-electron chi connectivity index (χ0n) is 7.99. The summed E-state index contributed by atoms with van der Waals surface area (Å²) in [6, 6.07) is 9.22. The molecule has 68 valence electrons. The van der Waals surface area contributed by atoms with E-state index in [-0.39, 0.29) is 5.92 Å². The van der Waals surface area contributed by atoms with Crippen LogP contribution in [0.25, 0.3) is 0 Å². The van der Waals surface area contributed by atoms with Gasteiger partial charge in [-0.05, 0) is 29.7 Å². The van der Waals surface area contributed by atoms with Crippen LogP contribution in [0.1, 0.15) is 29.5 Å². The van der Waals surface area contributed by atoms with Gasteiger partial charge in [-0.25, -0.2) is 0 Å². The highest BCUT2D eigenvalue weighted by Crippen LogP contribution is 2.19. The molecule has 0 saturated heterocycles. The van der Waals surface area contributed by atoms with Crippen molar-refractivity contribution in [2.45, 2.75) is 12.8 Å². The van der Waals surface area contributed by atoms with Gasteiger partial charge >= 0.3 is 0 Å². The second-order valence-electron chi connectivity index (χ2n) is 3.09. The number of hydrogen-bond donors (Lipinski definition) is 0. The lowest BCUT2D eigenvalue weighted by Gasteiger charge is -2.06. The standard InChI is InChI=1S/C12H10N2/c1-3-9(2)12-5-10(7-13)4-11(6-12)8-14/h3-6,9H,1H2,2H3. The van der Waals surface area contributed by atoms with E-state index in [1.165, 1.54) is 0 Å². The molecule has 2 heteroatoms. The number of rotatable bonds is 2. The van der Waals surface area contributed by atoms with E-state index >= 15 is 0 Å². The van der Waals surface area contributed by atoms with Crippen molar-refractivity contribution in [1.82, 2.24) is 0 Å². The molecule has 0 radical (unpaired) electrons. The summed E-state index contributed by atoms with van der Waals surface area (Å²) >= 11 is 0. The first-order valence-corrected chi connectivity index (χ1v) is 4.29. The summed E-state index contributed by atoms with van der Waals surface area (Å²) in [5.74, 6) is 0.162. The van der Waals surface area contributed by atoms with Gasteiger partial charge in [-0.1, -0.05) is 13.0 Å². The van der Waals surface area contributed by atoms with Crippen molar-refractivity contribution in [2.24, 2.45) is 0 Å². The molecule has 0 aliphatic rings. The maximum Gasteiger partial charge on any atom is 0.0992 e. The highest BCUT2D eigenvalue weighted by Gasteiger charge is 2.04. The van der Waals surface area contributed by atoms with Gasteiger partial charge in [0.2, 0.25) is 0 Å². The Kier molecular flexibility index (Phi) is 3.05. The SMILES string of the molecule is C=CC(C)c1cc(C#N)cc(C#N)c1. The lowest BCUT2D eigenvalue weighted by molar-refractivity contribution is 0.969. The van der Waals surface area contributed by atoms with E-state index in [1.54, 1.807) is 24.3 Å². The van der Waals surface area contributed by atoms with Gasteiger partial charge in [0.25, 0.3) is 0 Å². The number of hydrogen-bond acceptors (Lipinski definition) is 2.